The van der Waals surface area contributed by atoms with Gasteiger partial charge in [0.25, 0.3) is 0 Å². The van der Waals surface area contributed by atoms with Gasteiger partial charge in [-0.25, -0.2) is 0 Å². The van der Waals surface area contributed by atoms with Crippen LogP contribution < -0.4 is 5.32 Å². The number of hydrogen-bond donors (Lipinski definition) is 2. The van der Waals surface area contributed by atoms with Gasteiger partial charge in [0.2, 0.25) is 0 Å². The Morgan fingerprint density at radius 2 is 2.24 bits per heavy atom. The SMILES string of the molecule is Cc1cc(CNCC(O)COCC(C)C)no1. The molecule has 1 heterocycles. The van der Waals surface area contributed by atoms with Crippen LogP contribution in [0.3, 0.4) is 0 Å². The number of aliphatic hydroxyl groups is 1. The third-order valence-electron chi connectivity index (χ3n) is 2.12. The molecule has 98 valence electrons. The number of nitrogens with zero attached hydrogens (tertiary/aromatic N) is 1. The minimum absolute atomic E-state index is 0.364. The van der Waals surface area contributed by atoms with Crippen molar-refractivity contribution in [2.75, 3.05) is 19.8 Å². The van der Waals surface area contributed by atoms with Crippen molar-refractivity contribution in [3.63, 3.8) is 0 Å². The molecule has 0 bridgehead atoms. The van der Waals surface area contributed by atoms with Crippen molar-refractivity contribution in [1.29, 1.82) is 0 Å². The van der Waals surface area contributed by atoms with Crippen LogP contribution in [0.2, 0.25) is 0 Å². The van der Waals surface area contributed by atoms with E-state index in [0.29, 0.717) is 32.2 Å². The third-order valence-corrected chi connectivity index (χ3v) is 2.12. The quantitative estimate of drug-likeness (QED) is 0.714. The van der Waals surface area contributed by atoms with Crippen molar-refractivity contribution in [2.45, 2.75) is 33.4 Å². The summed E-state index contributed by atoms with van der Waals surface area (Å²) in [4.78, 5) is 0. The molecule has 5 heteroatoms. The summed E-state index contributed by atoms with van der Waals surface area (Å²) in [5.41, 5.74) is 0.845. The van der Waals surface area contributed by atoms with E-state index in [1.54, 1.807) is 0 Å². The van der Waals surface area contributed by atoms with Crippen LogP contribution in [0.1, 0.15) is 25.3 Å². The van der Waals surface area contributed by atoms with E-state index in [-0.39, 0.29) is 0 Å². The lowest BCUT2D eigenvalue weighted by atomic mass is 10.2. The predicted molar refractivity (Wildman–Crippen MR) is 64.6 cm³/mol. The highest BCUT2D eigenvalue weighted by Crippen LogP contribution is 2.00. The second kappa shape index (κ2) is 7.42. The minimum Gasteiger partial charge on any atom is -0.389 e. The maximum absolute atomic E-state index is 9.61. The topological polar surface area (TPSA) is 67.5 Å². The fourth-order valence-electron chi connectivity index (χ4n) is 1.37. The summed E-state index contributed by atoms with van der Waals surface area (Å²) < 4.78 is 10.3. The van der Waals surface area contributed by atoms with Gasteiger partial charge in [0, 0.05) is 25.8 Å². The summed E-state index contributed by atoms with van der Waals surface area (Å²) in [6.07, 6.45) is -0.484. The first kappa shape index (κ1) is 14.2. The molecular formula is C12H22N2O3. The van der Waals surface area contributed by atoms with E-state index >= 15 is 0 Å². The van der Waals surface area contributed by atoms with E-state index < -0.39 is 6.10 Å². The number of aliphatic hydroxyl groups excluding tert-OH is 1. The average molecular weight is 242 g/mol. The molecule has 1 aromatic rings. The number of hydrogen-bond acceptors (Lipinski definition) is 5. The third kappa shape index (κ3) is 6.41. The van der Waals surface area contributed by atoms with Gasteiger partial charge in [-0.2, -0.15) is 0 Å². The van der Waals surface area contributed by atoms with Gasteiger partial charge < -0.3 is 19.7 Å². The lowest BCUT2D eigenvalue weighted by Gasteiger charge is -2.12. The molecule has 1 aromatic heterocycles. The van der Waals surface area contributed by atoms with E-state index in [1.165, 1.54) is 0 Å². The van der Waals surface area contributed by atoms with Crippen LogP contribution in [0.15, 0.2) is 10.6 Å². The van der Waals surface area contributed by atoms with Crippen molar-refractivity contribution in [2.24, 2.45) is 5.92 Å². The van der Waals surface area contributed by atoms with Gasteiger partial charge in [-0.3, -0.25) is 0 Å². The standard InChI is InChI=1S/C12H22N2O3/c1-9(2)7-16-8-12(15)6-13-5-11-4-10(3)17-14-11/h4,9,12-13,15H,5-8H2,1-3H3. The number of aromatic nitrogens is 1. The first-order chi connectivity index (χ1) is 8.08. The zero-order valence-electron chi connectivity index (χ0n) is 10.8. The normalized spacial score (nSPS) is 13.2. The Hall–Kier alpha value is -0.910. The molecule has 5 nitrogen and oxygen atoms in total. The van der Waals surface area contributed by atoms with Crippen molar-refractivity contribution < 1.29 is 14.4 Å². The molecule has 1 atom stereocenters. The first-order valence-corrected chi connectivity index (χ1v) is 5.96. The van der Waals surface area contributed by atoms with Gasteiger partial charge in [-0.15, -0.1) is 0 Å². The zero-order valence-corrected chi connectivity index (χ0v) is 10.8. The lowest BCUT2D eigenvalue weighted by molar-refractivity contribution is 0.0260. The molecule has 0 radical (unpaired) electrons. The number of ether oxygens (including phenoxy) is 1. The highest BCUT2D eigenvalue weighted by molar-refractivity contribution is 5.02. The number of aryl methyl sites for hydroxylation is 1. The summed E-state index contributed by atoms with van der Waals surface area (Å²) in [6, 6.07) is 1.87. The Morgan fingerprint density at radius 3 is 2.82 bits per heavy atom. The van der Waals surface area contributed by atoms with Crippen molar-refractivity contribution in [3.8, 4) is 0 Å². The van der Waals surface area contributed by atoms with Crippen LogP contribution in [-0.2, 0) is 11.3 Å². The van der Waals surface area contributed by atoms with Gasteiger partial charge in [0.15, 0.2) is 0 Å². The molecule has 0 aliphatic rings. The highest BCUT2D eigenvalue weighted by atomic mass is 16.5. The monoisotopic (exact) mass is 242 g/mol. The summed E-state index contributed by atoms with van der Waals surface area (Å²) in [5.74, 6) is 1.29. The second-order valence-electron chi connectivity index (χ2n) is 4.64. The highest BCUT2D eigenvalue weighted by Gasteiger charge is 2.05. The summed E-state index contributed by atoms with van der Waals surface area (Å²) in [6.45, 7) is 8.14. The molecule has 0 aromatic carbocycles. The molecule has 0 spiro atoms. The van der Waals surface area contributed by atoms with Crippen LogP contribution in [0.25, 0.3) is 0 Å². The number of rotatable bonds is 8. The Morgan fingerprint density at radius 1 is 1.47 bits per heavy atom. The maximum atomic E-state index is 9.61. The first-order valence-electron chi connectivity index (χ1n) is 5.96. The molecule has 2 N–H and O–H groups in total. The molecule has 0 fully saturated rings. The van der Waals surface area contributed by atoms with Crippen LogP contribution in [0.4, 0.5) is 0 Å². The largest absolute Gasteiger partial charge is 0.389 e. The van der Waals surface area contributed by atoms with Crippen molar-refractivity contribution in [1.82, 2.24) is 10.5 Å². The number of nitrogens with one attached hydrogen (secondary N) is 1. The van der Waals surface area contributed by atoms with E-state index in [4.69, 9.17) is 9.26 Å². The maximum Gasteiger partial charge on any atom is 0.133 e. The molecule has 17 heavy (non-hydrogen) atoms. The van der Waals surface area contributed by atoms with Crippen LogP contribution in [-0.4, -0.2) is 36.1 Å². The summed E-state index contributed by atoms with van der Waals surface area (Å²) in [5, 5.41) is 16.6. The zero-order chi connectivity index (χ0) is 12.7. The van der Waals surface area contributed by atoms with Gasteiger partial charge in [0.05, 0.1) is 18.4 Å². The van der Waals surface area contributed by atoms with Crippen LogP contribution >= 0.6 is 0 Å². The fraction of sp³-hybridized carbons (Fsp3) is 0.750. The molecule has 0 aliphatic heterocycles. The van der Waals surface area contributed by atoms with Gasteiger partial charge in [-0.05, 0) is 12.8 Å². The van der Waals surface area contributed by atoms with E-state index in [0.717, 1.165) is 11.5 Å². The van der Waals surface area contributed by atoms with Crippen molar-refractivity contribution >= 4 is 0 Å². The van der Waals surface area contributed by atoms with Gasteiger partial charge in [-0.1, -0.05) is 19.0 Å². The Balaban J connectivity index is 2.05. The predicted octanol–water partition coefficient (Wildman–Crippen LogP) is 1.11. The summed E-state index contributed by atoms with van der Waals surface area (Å²) in [7, 11) is 0. The molecule has 0 saturated carbocycles. The molecule has 0 amide bonds. The molecule has 1 unspecified atom stereocenters. The lowest BCUT2D eigenvalue weighted by Crippen LogP contribution is -2.30. The minimum atomic E-state index is -0.484. The van der Waals surface area contributed by atoms with E-state index in [1.807, 2.05) is 13.0 Å². The molecule has 1 rings (SSSR count). The van der Waals surface area contributed by atoms with Gasteiger partial charge >= 0.3 is 0 Å². The smallest absolute Gasteiger partial charge is 0.133 e. The van der Waals surface area contributed by atoms with Crippen LogP contribution in [0.5, 0.6) is 0 Å². The van der Waals surface area contributed by atoms with Gasteiger partial charge in [0.1, 0.15) is 5.76 Å². The Labute approximate surface area is 102 Å². The molecule has 0 aliphatic carbocycles. The Bertz CT molecular complexity index is 312. The molecular weight excluding hydrogens is 220 g/mol. The Kier molecular flexibility index (Phi) is 6.18. The average Bonchev–Trinajstić information content (AvgIpc) is 2.63. The fourth-order valence-corrected chi connectivity index (χ4v) is 1.37. The summed E-state index contributed by atoms with van der Waals surface area (Å²) >= 11 is 0. The van der Waals surface area contributed by atoms with E-state index in [2.05, 4.69) is 24.3 Å². The molecule has 0 saturated heterocycles. The van der Waals surface area contributed by atoms with Crippen molar-refractivity contribution in [3.05, 3.63) is 17.5 Å². The second-order valence-corrected chi connectivity index (χ2v) is 4.64. The van der Waals surface area contributed by atoms with E-state index in [9.17, 15) is 5.11 Å². The van der Waals surface area contributed by atoms with Crippen LogP contribution in [0, 0.1) is 12.8 Å².